The lowest BCUT2D eigenvalue weighted by atomic mass is 10.1. The van der Waals surface area contributed by atoms with Gasteiger partial charge in [-0.15, -0.1) is 0 Å². The minimum absolute atomic E-state index is 0.0408. The molecule has 0 amide bonds. The Kier molecular flexibility index (Phi) is 9.17. The number of hydrogen-bond donors (Lipinski definition) is 1. The van der Waals surface area contributed by atoms with Crippen molar-refractivity contribution in [3.63, 3.8) is 0 Å². The average molecular weight is 633 g/mol. The number of fused-ring (bicyclic) bond motifs is 1. The minimum atomic E-state index is -4.33. The normalized spacial score (nSPS) is 15.2. The fourth-order valence-electron chi connectivity index (χ4n) is 4.93. The number of esters is 1. The van der Waals surface area contributed by atoms with Gasteiger partial charge in [0, 0.05) is 5.22 Å². The number of nitrogens with two attached hydrogens (primary N) is 1. The summed E-state index contributed by atoms with van der Waals surface area (Å²) in [6.07, 6.45) is 1.66. The number of ether oxygens (including phenoxy) is 3. The molecule has 0 spiro atoms. The van der Waals surface area contributed by atoms with Gasteiger partial charge in [-0.25, -0.2) is 13.2 Å². The molecule has 2 N–H and O–H groups in total. The van der Waals surface area contributed by atoms with Gasteiger partial charge in [0.2, 0.25) is 15.7 Å². The van der Waals surface area contributed by atoms with Crippen molar-refractivity contribution in [1.82, 2.24) is 4.57 Å². The predicted molar refractivity (Wildman–Crippen MR) is 170 cm³/mol. The number of benzene rings is 3. The first-order valence-electron chi connectivity index (χ1n) is 14.1. The number of sulfone groups is 1. The smallest absolute Gasteiger partial charge is 0.346 e. The van der Waals surface area contributed by atoms with Gasteiger partial charge in [-0.3, -0.25) is 9.36 Å². The number of carbonyl (C=O) groups excluding carboxylic acids is 2. The zero-order chi connectivity index (χ0) is 31.4. The molecule has 5 rings (SSSR count). The topological polar surface area (TPSA) is 127 Å². The van der Waals surface area contributed by atoms with Crippen LogP contribution >= 0.6 is 11.8 Å². The van der Waals surface area contributed by atoms with Gasteiger partial charge in [0.05, 0.1) is 35.8 Å². The lowest BCUT2D eigenvalue weighted by Gasteiger charge is -2.24. The molecule has 9 nitrogen and oxygen atoms in total. The second-order valence-electron chi connectivity index (χ2n) is 9.67. The first-order chi connectivity index (χ1) is 21.2. The van der Waals surface area contributed by atoms with E-state index in [9.17, 15) is 18.0 Å². The van der Waals surface area contributed by atoms with E-state index in [0.717, 1.165) is 16.3 Å². The number of aromatic nitrogens is 1. The fraction of sp³-hybridized carbons (Fsp3) is 0.212. The molecule has 0 saturated heterocycles. The van der Waals surface area contributed by atoms with Crippen LogP contribution in [0.3, 0.4) is 0 Å². The number of thioether (sulfide) groups is 1. The predicted octanol–water partition coefficient (Wildman–Crippen LogP) is 4.33. The summed E-state index contributed by atoms with van der Waals surface area (Å²) >= 11 is 1.01. The Bertz CT molecular complexity index is 1920. The number of nitrogen functional groups attached to an aromatic ring is 1. The van der Waals surface area contributed by atoms with Crippen LogP contribution in [0, 0.1) is 0 Å². The van der Waals surface area contributed by atoms with Crippen LogP contribution in [0.25, 0.3) is 11.0 Å². The highest BCUT2D eigenvalue weighted by molar-refractivity contribution is 8.10. The lowest BCUT2D eigenvalue weighted by molar-refractivity contribution is -0.135. The van der Waals surface area contributed by atoms with Crippen LogP contribution in [0.4, 0.5) is 5.69 Å². The second kappa shape index (κ2) is 13.0. The summed E-state index contributed by atoms with van der Waals surface area (Å²) in [6, 6.07) is 21.7. The van der Waals surface area contributed by atoms with Crippen LogP contribution in [0.5, 0.6) is 11.5 Å². The molecule has 1 aliphatic heterocycles. The number of nitrogens with zero attached hydrogens (tertiary/aromatic N) is 1. The molecule has 2 heterocycles. The number of carbonyl (C=O) groups is 2. The van der Waals surface area contributed by atoms with Gasteiger partial charge in [-0.2, -0.15) is 0 Å². The summed E-state index contributed by atoms with van der Waals surface area (Å²) in [7, 11) is -4.33. The molecule has 0 unspecified atom stereocenters. The van der Waals surface area contributed by atoms with Crippen molar-refractivity contribution in [3.05, 3.63) is 101 Å². The zero-order valence-corrected chi connectivity index (χ0v) is 26.1. The Balaban J connectivity index is 1.84. The summed E-state index contributed by atoms with van der Waals surface area (Å²) in [6.45, 7) is 6.46. The zero-order valence-electron chi connectivity index (χ0n) is 24.5. The quantitative estimate of drug-likeness (QED) is 0.254. The first-order valence-corrected chi connectivity index (χ1v) is 16.5. The maximum Gasteiger partial charge on any atom is 0.346 e. The first kappa shape index (κ1) is 31.0. The van der Waals surface area contributed by atoms with E-state index in [4.69, 9.17) is 19.9 Å². The third-order valence-corrected chi connectivity index (χ3v) is 9.97. The molecule has 0 fully saturated rings. The van der Waals surface area contributed by atoms with E-state index in [1.54, 1.807) is 79.7 Å². The van der Waals surface area contributed by atoms with Gasteiger partial charge in [-0.1, -0.05) is 54.2 Å². The molecule has 4 aromatic rings. The molecular formula is C33H32N2O7S2. The molecule has 11 heteroatoms. The molecule has 1 atom stereocenters. The van der Waals surface area contributed by atoms with Crippen molar-refractivity contribution >= 4 is 50.1 Å². The van der Waals surface area contributed by atoms with E-state index in [0.29, 0.717) is 35.8 Å². The van der Waals surface area contributed by atoms with Crippen LogP contribution in [-0.4, -0.2) is 44.7 Å². The Labute approximate surface area is 259 Å². The lowest BCUT2D eigenvalue weighted by Crippen LogP contribution is -2.42. The summed E-state index contributed by atoms with van der Waals surface area (Å²) in [5.41, 5.74) is 7.73. The third-order valence-electron chi connectivity index (χ3n) is 6.86. The van der Waals surface area contributed by atoms with E-state index in [1.807, 2.05) is 13.8 Å². The monoisotopic (exact) mass is 632 g/mol. The van der Waals surface area contributed by atoms with E-state index in [2.05, 4.69) is 0 Å². The van der Waals surface area contributed by atoms with Gasteiger partial charge in [0.25, 0.3) is 0 Å². The number of rotatable bonds is 10. The molecule has 228 valence electrons. The Hall–Kier alpha value is -4.48. The van der Waals surface area contributed by atoms with Crippen LogP contribution in [0.2, 0.25) is 0 Å². The van der Waals surface area contributed by atoms with Crippen LogP contribution in [0.1, 0.15) is 41.9 Å². The van der Waals surface area contributed by atoms with Gasteiger partial charge in [-0.05, 0) is 74.4 Å². The van der Waals surface area contributed by atoms with Crippen LogP contribution in [-0.2, 0) is 19.4 Å². The molecule has 3 aromatic carbocycles. The van der Waals surface area contributed by atoms with E-state index < -0.39 is 32.0 Å². The highest BCUT2D eigenvalue weighted by atomic mass is 32.2. The number of hydrogen-bond acceptors (Lipinski definition) is 9. The highest BCUT2D eigenvalue weighted by Crippen LogP contribution is 2.41. The van der Waals surface area contributed by atoms with E-state index in [-0.39, 0.29) is 32.7 Å². The SMILES string of the molecule is CCOC(=O)C1=c2/c(=C/c3ccc(OCC)cc3)c(N)c(S(=O)(=O)c3ccccc3)n2C(=O)[C@@H](c2ccc(OCC)cc2)S1. The molecule has 0 aliphatic carbocycles. The van der Waals surface area contributed by atoms with Gasteiger partial charge >= 0.3 is 5.97 Å². The molecule has 0 radical (unpaired) electrons. The molecule has 1 aromatic heterocycles. The second-order valence-corrected chi connectivity index (χ2v) is 12.6. The van der Waals surface area contributed by atoms with Crippen molar-refractivity contribution in [1.29, 1.82) is 0 Å². The molecule has 0 bridgehead atoms. The standard InChI is InChI=1S/C33H32N2O7S2/c1-4-40-23-16-12-21(13-17-23)20-26-27(34)32(44(38,39)25-10-8-7-9-11-25)35-28(26)30(33(37)42-6-3)43-29(31(35)36)22-14-18-24(19-15-22)41-5-2/h7-20,29H,4-6,34H2,1-3H3/b26-20+/t29-/m1/s1. The summed E-state index contributed by atoms with van der Waals surface area (Å²) in [5, 5.41) is -1.08. The largest absolute Gasteiger partial charge is 0.494 e. The molecular weight excluding hydrogens is 601 g/mol. The summed E-state index contributed by atoms with van der Waals surface area (Å²) in [4.78, 5) is 27.9. The fourth-order valence-corrected chi connectivity index (χ4v) is 7.70. The average Bonchev–Trinajstić information content (AvgIpc) is 3.32. The Morgan fingerprint density at radius 1 is 0.886 bits per heavy atom. The van der Waals surface area contributed by atoms with Crippen molar-refractivity contribution in [2.45, 2.75) is 35.9 Å². The van der Waals surface area contributed by atoms with Gasteiger partial charge in [0.15, 0.2) is 5.03 Å². The van der Waals surface area contributed by atoms with Crippen molar-refractivity contribution in [2.75, 3.05) is 25.6 Å². The van der Waals surface area contributed by atoms with E-state index in [1.165, 1.54) is 12.1 Å². The summed E-state index contributed by atoms with van der Waals surface area (Å²) in [5.74, 6) is 0.0237. The maximum absolute atomic E-state index is 14.4. The number of anilines is 1. The van der Waals surface area contributed by atoms with Crippen LogP contribution < -0.4 is 25.8 Å². The van der Waals surface area contributed by atoms with Crippen molar-refractivity contribution < 1.29 is 32.2 Å². The Morgan fingerprint density at radius 3 is 2.05 bits per heavy atom. The third kappa shape index (κ3) is 5.85. The van der Waals surface area contributed by atoms with Gasteiger partial charge in [0.1, 0.15) is 21.7 Å². The minimum Gasteiger partial charge on any atom is -0.494 e. The molecule has 44 heavy (non-hydrogen) atoms. The van der Waals surface area contributed by atoms with Crippen molar-refractivity contribution in [3.8, 4) is 11.5 Å². The van der Waals surface area contributed by atoms with Gasteiger partial charge < -0.3 is 19.9 Å². The summed E-state index contributed by atoms with van der Waals surface area (Å²) < 4.78 is 45.9. The van der Waals surface area contributed by atoms with Crippen molar-refractivity contribution in [2.24, 2.45) is 0 Å². The molecule has 0 saturated carbocycles. The van der Waals surface area contributed by atoms with Crippen LogP contribution in [0.15, 0.2) is 88.8 Å². The molecule has 1 aliphatic rings. The van der Waals surface area contributed by atoms with E-state index >= 15 is 0 Å². The maximum atomic E-state index is 14.4. The highest BCUT2D eigenvalue weighted by Gasteiger charge is 2.40. The Morgan fingerprint density at radius 2 is 1.48 bits per heavy atom.